The summed E-state index contributed by atoms with van der Waals surface area (Å²) in [4.78, 5) is 9.08. The molecule has 1 unspecified atom stereocenters. The number of aromatic nitrogens is 1. The predicted molar refractivity (Wildman–Crippen MR) is 90.4 cm³/mol. The van der Waals surface area contributed by atoms with Crippen molar-refractivity contribution in [3.63, 3.8) is 0 Å². The highest BCUT2D eigenvalue weighted by Gasteiger charge is 2.33. The Labute approximate surface area is 134 Å². The number of rotatable bonds is 5. The van der Waals surface area contributed by atoms with Gasteiger partial charge in [0.2, 0.25) is 0 Å². The molecule has 3 nitrogen and oxygen atoms in total. The minimum Gasteiger partial charge on any atom is -0.341 e. The molecule has 0 amide bonds. The maximum absolute atomic E-state index is 5.03. The number of thiophene rings is 1. The maximum atomic E-state index is 5.03. The Morgan fingerprint density at radius 3 is 3.00 bits per heavy atom. The summed E-state index contributed by atoms with van der Waals surface area (Å²) in [5, 5.41) is 9.11. The molecule has 112 valence electrons. The average Bonchev–Trinajstić information content (AvgIpc) is 3.04. The summed E-state index contributed by atoms with van der Waals surface area (Å²) in [6.45, 7) is 1.02. The quantitative estimate of drug-likeness (QED) is 0.904. The van der Waals surface area contributed by atoms with Crippen molar-refractivity contribution in [2.45, 2.75) is 50.7 Å². The first-order chi connectivity index (χ1) is 10.3. The van der Waals surface area contributed by atoms with E-state index < -0.39 is 0 Å². The molecule has 21 heavy (non-hydrogen) atoms. The largest absolute Gasteiger partial charge is 0.341 e. The van der Waals surface area contributed by atoms with Gasteiger partial charge in [-0.05, 0) is 61.5 Å². The normalized spacial score (nSPS) is 21.3. The summed E-state index contributed by atoms with van der Waals surface area (Å²) in [6, 6.07) is 3.41. The molecule has 1 saturated carbocycles. The average molecular weight is 319 g/mol. The highest BCUT2D eigenvalue weighted by Crippen LogP contribution is 2.40. The summed E-state index contributed by atoms with van der Waals surface area (Å²) in [5.74, 6) is 0. The van der Waals surface area contributed by atoms with Gasteiger partial charge in [0.05, 0.1) is 11.7 Å². The van der Waals surface area contributed by atoms with Crippen LogP contribution in [0.3, 0.4) is 0 Å². The van der Waals surface area contributed by atoms with E-state index in [0.29, 0.717) is 12.1 Å². The maximum Gasteiger partial charge on any atom is 0.186 e. The van der Waals surface area contributed by atoms with E-state index in [0.717, 1.165) is 6.54 Å². The summed E-state index contributed by atoms with van der Waals surface area (Å²) in [7, 11) is 2.06. The molecule has 1 fully saturated rings. The van der Waals surface area contributed by atoms with E-state index in [4.69, 9.17) is 4.98 Å². The summed E-state index contributed by atoms with van der Waals surface area (Å²) in [5.41, 5.74) is 2.74. The van der Waals surface area contributed by atoms with E-state index in [1.807, 2.05) is 11.3 Å². The molecular weight excluding hydrogens is 298 g/mol. The first-order valence-corrected chi connectivity index (χ1v) is 9.55. The van der Waals surface area contributed by atoms with Gasteiger partial charge < -0.3 is 10.2 Å². The van der Waals surface area contributed by atoms with Crippen molar-refractivity contribution in [3.05, 3.63) is 33.0 Å². The summed E-state index contributed by atoms with van der Waals surface area (Å²) in [6.07, 6.45) is 6.37. The van der Waals surface area contributed by atoms with Crippen LogP contribution >= 0.6 is 22.7 Å². The zero-order valence-corrected chi connectivity index (χ0v) is 14.0. The molecule has 0 radical (unpaired) electrons. The fourth-order valence-corrected chi connectivity index (χ4v) is 5.02. The van der Waals surface area contributed by atoms with Crippen LogP contribution < -0.4 is 10.2 Å². The van der Waals surface area contributed by atoms with Crippen LogP contribution in [0.15, 0.2) is 16.8 Å². The number of hydrogen-bond donors (Lipinski definition) is 1. The van der Waals surface area contributed by atoms with Gasteiger partial charge in [0, 0.05) is 17.5 Å². The fraction of sp³-hybridized carbons (Fsp3) is 0.562. The lowest BCUT2D eigenvalue weighted by Crippen LogP contribution is -2.25. The van der Waals surface area contributed by atoms with Crippen LogP contribution in [0.4, 0.5) is 5.13 Å². The molecule has 0 aromatic carbocycles. The Balaban J connectivity index is 1.62. The highest BCUT2D eigenvalue weighted by molar-refractivity contribution is 7.15. The Morgan fingerprint density at radius 2 is 2.29 bits per heavy atom. The van der Waals surface area contributed by atoms with Crippen molar-refractivity contribution in [3.8, 4) is 0 Å². The van der Waals surface area contributed by atoms with Crippen LogP contribution in [0.25, 0.3) is 0 Å². The molecule has 2 heterocycles. The molecule has 0 spiro atoms. The van der Waals surface area contributed by atoms with Crippen LogP contribution in [-0.2, 0) is 13.0 Å². The van der Waals surface area contributed by atoms with Crippen molar-refractivity contribution in [1.82, 2.24) is 10.3 Å². The van der Waals surface area contributed by atoms with Crippen molar-refractivity contribution in [1.29, 1.82) is 0 Å². The molecular formula is C16H21N3S2. The van der Waals surface area contributed by atoms with Crippen molar-refractivity contribution < 1.29 is 0 Å². The zero-order chi connectivity index (χ0) is 14.2. The second-order valence-corrected chi connectivity index (χ2v) is 7.87. The number of fused-ring (bicyclic) bond motifs is 1. The molecule has 1 atom stereocenters. The summed E-state index contributed by atoms with van der Waals surface area (Å²) >= 11 is 3.72. The van der Waals surface area contributed by atoms with Gasteiger partial charge in [-0.15, -0.1) is 11.3 Å². The van der Waals surface area contributed by atoms with E-state index in [9.17, 15) is 0 Å². The molecule has 4 rings (SSSR count). The Hall–Kier alpha value is -0.910. The van der Waals surface area contributed by atoms with Gasteiger partial charge in [-0.2, -0.15) is 11.3 Å². The van der Waals surface area contributed by atoms with Crippen molar-refractivity contribution in [2.24, 2.45) is 0 Å². The molecule has 0 bridgehead atoms. The SMILES string of the molecule is CNC1CCCc2sc(N(Cc3ccsc3)C3CC3)nc21. The third-order valence-electron chi connectivity index (χ3n) is 4.46. The first-order valence-electron chi connectivity index (χ1n) is 7.79. The van der Waals surface area contributed by atoms with E-state index in [1.165, 1.54) is 53.4 Å². The number of aryl methyl sites for hydroxylation is 1. The fourth-order valence-electron chi connectivity index (χ4n) is 3.13. The Morgan fingerprint density at radius 1 is 1.38 bits per heavy atom. The topological polar surface area (TPSA) is 28.2 Å². The van der Waals surface area contributed by atoms with Crippen LogP contribution in [-0.4, -0.2) is 18.1 Å². The van der Waals surface area contributed by atoms with E-state index >= 15 is 0 Å². The first kappa shape index (κ1) is 13.7. The van der Waals surface area contributed by atoms with E-state index in [2.05, 4.69) is 34.1 Å². The number of nitrogens with zero attached hydrogens (tertiary/aromatic N) is 2. The van der Waals surface area contributed by atoms with Gasteiger partial charge in [-0.25, -0.2) is 4.98 Å². The second-order valence-electron chi connectivity index (χ2n) is 6.03. The standard InChI is InChI=1S/C16H21N3S2/c1-17-13-3-2-4-14-15(13)18-16(21-14)19(12-5-6-12)9-11-7-8-20-10-11/h7-8,10,12-13,17H,2-6,9H2,1H3. The number of anilines is 1. The Bertz CT molecular complexity index is 601. The van der Waals surface area contributed by atoms with Crippen LogP contribution in [0.2, 0.25) is 0 Å². The molecule has 0 saturated heterocycles. The van der Waals surface area contributed by atoms with Gasteiger partial charge in [0.15, 0.2) is 5.13 Å². The highest BCUT2D eigenvalue weighted by atomic mass is 32.1. The van der Waals surface area contributed by atoms with E-state index in [-0.39, 0.29) is 0 Å². The molecule has 2 aliphatic rings. The summed E-state index contributed by atoms with van der Waals surface area (Å²) < 4.78 is 0. The molecule has 5 heteroatoms. The molecule has 1 N–H and O–H groups in total. The lowest BCUT2D eigenvalue weighted by molar-refractivity contribution is 0.489. The van der Waals surface area contributed by atoms with Gasteiger partial charge in [-0.3, -0.25) is 0 Å². The molecule has 2 aromatic rings. The van der Waals surface area contributed by atoms with Gasteiger partial charge in [0.25, 0.3) is 0 Å². The number of nitrogens with one attached hydrogen (secondary N) is 1. The molecule has 0 aliphatic heterocycles. The number of thiazole rings is 1. The van der Waals surface area contributed by atoms with Gasteiger partial charge in [-0.1, -0.05) is 0 Å². The monoisotopic (exact) mass is 319 g/mol. The van der Waals surface area contributed by atoms with Crippen molar-refractivity contribution in [2.75, 3.05) is 11.9 Å². The van der Waals surface area contributed by atoms with Crippen LogP contribution in [0.5, 0.6) is 0 Å². The zero-order valence-electron chi connectivity index (χ0n) is 12.3. The molecule has 2 aromatic heterocycles. The van der Waals surface area contributed by atoms with E-state index in [1.54, 1.807) is 11.3 Å². The number of hydrogen-bond acceptors (Lipinski definition) is 5. The Kier molecular flexibility index (Phi) is 3.73. The minimum absolute atomic E-state index is 0.459. The van der Waals surface area contributed by atoms with Crippen LogP contribution in [0.1, 0.15) is 47.9 Å². The second kappa shape index (κ2) is 5.71. The van der Waals surface area contributed by atoms with Crippen molar-refractivity contribution >= 4 is 27.8 Å². The van der Waals surface area contributed by atoms with Crippen LogP contribution in [0, 0.1) is 0 Å². The minimum atomic E-state index is 0.459. The third-order valence-corrected chi connectivity index (χ3v) is 6.36. The lowest BCUT2D eigenvalue weighted by atomic mass is 9.98. The lowest BCUT2D eigenvalue weighted by Gasteiger charge is -2.21. The smallest absolute Gasteiger partial charge is 0.186 e. The van der Waals surface area contributed by atoms with Gasteiger partial charge >= 0.3 is 0 Å². The van der Waals surface area contributed by atoms with Gasteiger partial charge in [0.1, 0.15) is 0 Å². The third kappa shape index (κ3) is 2.74. The molecule has 2 aliphatic carbocycles. The predicted octanol–water partition coefficient (Wildman–Crippen LogP) is 3.97.